The highest BCUT2D eigenvalue weighted by atomic mass is 16.6. The van der Waals surface area contributed by atoms with Crippen molar-refractivity contribution in [2.45, 2.75) is 102 Å². The molecule has 0 aromatic rings. The first kappa shape index (κ1) is 16.3. The molecule has 2 rings (SSSR count). The molecule has 2 aliphatic rings. The molecule has 0 spiro atoms. The van der Waals surface area contributed by atoms with Crippen LogP contribution in [0.2, 0.25) is 0 Å². The minimum absolute atomic E-state index is 0.645. The van der Waals surface area contributed by atoms with Crippen molar-refractivity contribution in [1.82, 2.24) is 0 Å². The molecule has 118 valence electrons. The number of hydrogen-bond acceptors (Lipinski definition) is 2. The molecule has 0 unspecified atom stereocenters. The fraction of sp³-hybridized carbons (Fsp3) is 1.00. The lowest BCUT2D eigenvalue weighted by molar-refractivity contribution is 0.386. The molecular weight excluding hydrogens is 248 g/mol. The summed E-state index contributed by atoms with van der Waals surface area (Å²) in [7, 11) is 0. The zero-order valence-electron chi connectivity index (χ0n) is 13.3. The summed E-state index contributed by atoms with van der Waals surface area (Å²) in [5, 5.41) is 0. The summed E-state index contributed by atoms with van der Waals surface area (Å²) in [5.41, 5.74) is 0. The third-order valence-electron chi connectivity index (χ3n) is 4.61. The van der Waals surface area contributed by atoms with E-state index in [0.717, 1.165) is 13.2 Å². The van der Waals surface area contributed by atoms with E-state index in [1.807, 2.05) is 0 Å². The van der Waals surface area contributed by atoms with E-state index in [0.29, 0.717) is 12.2 Å². The van der Waals surface area contributed by atoms with Gasteiger partial charge in [0, 0.05) is 0 Å². The molecule has 2 aliphatic heterocycles. The fourth-order valence-corrected chi connectivity index (χ4v) is 2.98. The van der Waals surface area contributed by atoms with Crippen LogP contribution >= 0.6 is 0 Å². The Kier molecular flexibility index (Phi) is 8.65. The predicted octanol–water partition coefficient (Wildman–Crippen LogP) is 5.25. The maximum Gasteiger partial charge on any atom is 0.0810 e. The van der Waals surface area contributed by atoms with Crippen LogP contribution in [0, 0.1) is 0 Å². The van der Waals surface area contributed by atoms with E-state index in [2.05, 4.69) is 0 Å². The Labute approximate surface area is 125 Å². The van der Waals surface area contributed by atoms with Crippen molar-refractivity contribution in [2.24, 2.45) is 0 Å². The summed E-state index contributed by atoms with van der Waals surface area (Å²) in [4.78, 5) is 0. The van der Waals surface area contributed by atoms with E-state index in [9.17, 15) is 0 Å². The van der Waals surface area contributed by atoms with Crippen LogP contribution in [-0.2, 0) is 9.47 Å². The number of unbranched alkanes of at least 4 members (excludes halogenated alkanes) is 11. The van der Waals surface area contributed by atoms with Gasteiger partial charge in [-0.05, 0) is 12.8 Å². The summed E-state index contributed by atoms with van der Waals surface area (Å²) < 4.78 is 10.4. The van der Waals surface area contributed by atoms with Gasteiger partial charge < -0.3 is 9.47 Å². The third-order valence-corrected chi connectivity index (χ3v) is 4.61. The average molecular weight is 282 g/mol. The second-order valence-corrected chi connectivity index (χ2v) is 6.73. The quantitative estimate of drug-likeness (QED) is 0.303. The van der Waals surface area contributed by atoms with E-state index >= 15 is 0 Å². The van der Waals surface area contributed by atoms with Crippen LogP contribution in [0.1, 0.15) is 89.9 Å². The van der Waals surface area contributed by atoms with Crippen LogP contribution < -0.4 is 0 Å². The summed E-state index contributed by atoms with van der Waals surface area (Å²) in [6.45, 7) is 2.07. The smallest absolute Gasteiger partial charge is 0.0810 e. The minimum Gasteiger partial charge on any atom is -0.373 e. The Bertz CT molecular complexity index is 197. The molecule has 0 saturated carbocycles. The molecule has 0 radical (unpaired) electrons. The molecule has 0 aliphatic carbocycles. The summed E-state index contributed by atoms with van der Waals surface area (Å²) in [5.74, 6) is 0. The normalized spacial score (nSPS) is 24.0. The van der Waals surface area contributed by atoms with E-state index in [1.165, 1.54) is 89.9 Å². The van der Waals surface area contributed by atoms with E-state index < -0.39 is 0 Å². The van der Waals surface area contributed by atoms with Gasteiger partial charge in [-0.1, -0.05) is 77.0 Å². The third kappa shape index (κ3) is 9.77. The van der Waals surface area contributed by atoms with Crippen molar-refractivity contribution in [3.05, 3.63) is 0 Å². The highest BCUT2D eigenvalue weighted by molar-refractivity contribution is 4.68. The van der Waals surface area contributed by atoms with Crippen molar-refractivity contribution in [3.63, 3.8) is 0 Å². The van der Waals surface area contributed by atoms with Crippen LogP contribution in [0.3, 0.4) is 0 Å². The van der Waals surface area contributed by atoms with Crippen molar-refractivity contribution >= 4 is 0 Å². The van der Waals surface area contributed by atoms with Gasteiger partial charge >= 0.3 is 0 Å². The van der Waals surface area contributed by atoms with Crippen LogP contribution in [-0.4, -0.2) is 25.4 Å². The van der Waals surface area contributed by atoms with Crippen LogP contribution in [0.25, 0.3) is 0 Å². The number of ether oxygens (including phenoxy) is 2. The lowest BCUT2D eigenvalue weighted by Crippen LogP contribution is -1.87. The molecule has 2 saturated heterocycles. The van der Waals surface area contributed by atoms with Crippen molar-refractivity contribution in [1.29, 1.82) is 0 Å². The molecule has 0 aromatic heterocycles. The molecule has 0 bridgehead atoms. The van der Waals surface area contributed by atoms with Gasteiger partial charge in [-0.2, -0.15) is 0 Å². The SMILES string of the molecule is C(CCCCCCC[C@H]1CO1)CCCCCC[C@H]1CO1. The Hall–Kier alpha value is -0.0800. The predicted molar refractivity (Wildman–Crippen MR) is 84.1 cm³/mol. The molecule has 2 heteroatoms. The topological polar surface area (TPSA) is 25.1 Å². The first-order chi connectivity index (χ1) is 9.95. The highest BCUT2D eigenvalue weighted by Gasteiger charge is 2.21. The second kappa shape index (κ2) is 10.6. The van der Waals surface area contributed by atoms with Gasteiger partial charge in [-0.25, -0.2) is 0 Å². The largest absolute Gasteiger partial charge is 0.373 e. The van der Waals surface area contributed by atoms with Crippen LogP contribution in [0.4, 0.5) is 0 Å². The zero-order valence-corrected chi connectivity index (χ0v) is 13.3. The maximum absolute atomic E-state index is 5.22. The molecule has 2 fully saturated rings. The minimum atomic E-state index is 0.645. The van der Waals surface area contributed by atoms with Crippen LogP contribution in [0.5, 0.6) is 0 Å². The van der Waals surface area contributed by atoms with E-state index in [4.69, 9.17) is 9.47 Å². The standard InChI is InChI=1S/C18H34O2/c1(3-5-7-9-11-13-17-15-19-17)2-4-6-8-10-12-14-18-16-20-18/h17-18H,1-16H2/t17-,18-/m0/s1. The first-order valence-electron chi connectivity index (χ1n) is 9.18. The van der Waals surface area contributed by atoms with E-state index in [-0.39, 0.29) is 0 Å². The summed E-state index contributed by atoms with van der Waals surface area (Å²) in [6, 6.07) is 0. The average Bonchev–Trinajstić information content (AvgIpc) is 3.34. The number of hydrogen-bond donors (Lipinski definition) is 0. The van der Waals surface area contributed by atoms with Crippen LogP contribution in [0.15, 0.2) is 0 Å². The van der Waals surface area contributed by atoms with Gasteiger partial charge in [-0.3, -0.25) is 0 Å². The number of rotatable bonds is 15. The summed E-state index contributed by atoms with van der Waals surface area (Å²) >= 11 is 0. The molecule has 2 nitrogen and oxygen atoms in total. The number of epoxide rings is 2. The van der Waals surface area contributed by atoms with Gasteiger partial charge in [0.2, 0.25) is 0 Å². The Balaban J connectivity index is 1.17. The lowest BCUT2D eigenvalue weighted by Gasteiger charge is -2.03. The summed E-state index contributed by atoms with van der Waals surface area (Å²) in [6.07, 6.45) is 21.1. The molecule has 20 heavy (non-hydrogen) atoms. The van der Waals surface area contributed by atoms with Crippen molar-refractivity contribution in [2.75, 3.05) is 13.2 Å². The second-order valence-electron chi connectivity index (χ2n) is 6.73. The monoisotopic (exact) mass is 282 g/mol. The first-order valence-corrected chi connectivity index (χ1v) is 9.18. The molecule has 0 aromatic carbocycles. The van der Waals surface area contributed by atoms with Gasteiger partial charge in [0.1, 0.15) is 0 Å². The zero-order chi connectivity index (χ0) is 13.9. The van der Waals surface area contributed by atoms with Gasteiger partial charge in [0.05, 0.1) is 25.4 Å². The van der Waals surface area contributed by atoms with Crippen molar-refractivity contribution < 1.29 is 9.47 Å². The Morgan fingerprint density at radius 3 is 0.950 bits per heavy atom. The maximum atomic E-state index is 5.22. The molecular formula is C18H34O2. The molecule has 0 amide bonds. The van der Waals surface area contributed by atoms with Crippen molar-refractivity contribution in [3.8, 4) is 0 Å². The highest BCUT2D eigenvalue weighted by Crippen LogP contribution is 2.19. The van der Waals surface area contributed by atoms with Gasteiger partial charge in [0.25, 0.3) is 0 Å². The van der Waals surface area contributed by atoms with Gasteiger partial charge in [0.15, 0.2) is 0 Å². The Morgan fingerprint density at radius 2 is 0.700 bits per heavy atom. The molecule has 2 heterocycles. The van der Waals surface area contributed by atoms with E-state index in [1.54, 1.807) is 0 Å². The lowest BCUT2D eigenvalue weighted by atomic mass is 10.0. The Morgan fingerprint density at radius 1 is 0.450 bits per heavy atom. The fourth-order valence-electron chi connectivity index (χ4n) is 2.98. The van der Waals surface area contributed by atoms with Gasteiger partial charge in [-0.15, -0.1) is 0 Å². The molecule has 2 atom stereocenters. The molecule has 0 N–H and O–H groups in total.